The molecule has 8 nitrogen and oxygen atoms in total. The third-order valence-corrected chi connectivity index (χ3v) is 7.48. The van der Waals surface area contributed by atoms with Gasteiger partial charge in [-0.2, -0.15) is 0 Å². The number of rotatable bonds is 5. The zero-order chi connectivity index (χ0) is 23.8. The first-order chi connectivity index (χ1) is 17.1. The van der Waals surface area contributed by atoms with Crippen LogP contribution in [-0.2, 0) is 20.8 Å². The summed E-state index contributed by atoms with van der Waals surface area (Å²) in [5.74, 6) is -0.529. The van der Waals surface area contributed by atoms with E-state index in [0.717, 1.165) is 10.9 Å². The number of likely N-dealkylation sites (tertiary alicyclic amines) is 1. The highest BCUT2D eigenvalue weighted by molar-refractivity contribution is 7.99. The standard InChI is InChI=1S/C25H24FN5O3S/c26-19-7-3-1-5-17(19)15-31-20-8-4-2-6-18(20)22-23(31)27-24(29-28-22)35-16-21(32)30-11-9-25(10-12-30)33-13-14-34-25/h1-8H,9-16H2. The lowest BCUT2D eigenvalue weighted by Crippen LogP contribution is -2.47. The first-order valence-corrected chi connectivity index (χ1v) is 12.6. The van der Waals surface area contributed by atoms with Crippen LogP contribution in [0.5, 0.6) is 0 Å². The van der Waals surface area contributed by atoms with Gasteiger partial charge in [-0.1, -0.05) is 48.2 Å². The van der Waals surface area contributed by atoms with E-state index in [9.17, 15) is 9.18 Å². The highest BCUT2D eigenvalue weighted by atomic mass is 32.2. The Morgan fingerprint density at radius 3 is 2.57 bits per heavy atom. The molecule has 1 spiro atoms. The van der Waals surface area contributed by atoms with E-state index in [1.807, 2.05) is 39.8 Å². The third-order valence-electron chi connectivity index (χ3n) is 6.66. The number of piperidine rings is 1. The fourth-order valence-electron chi connectivity index (χ4n) is 4.81. The van der Waals surface area contributed by atoms with Gasteiger partial charge in [-0.25, -0.2) is 9.37 Å². The Labute approximate surface area is 205 Å². The SMILES string of the molecule is O=C(CSc1nnc2c3ccccc3n(Cc3ccccc3F)c2n1)N1CCC2(CC1)OCCO2. The smallest absolute Gasteiger partial charge is 0.233 e. The molecule has 0 saturated carbocycles. The topological polar surface area (TPSA) is 82.4 Å². The maximum Gasteiger partial charge on any atom is 0.233 e. The van der Waals surface area contributed by atoms with E-state index >= 15 is 0 Å². The minimum absolute atomic E-state index is 0.0263. The van der Waals surface area contributed by atoms with Crippen LogP contribution in [0.15, 0.2) is 53.7 Å². The van der Waals surface area contributed by atoms with Crippen molar-refractivity contribution in [2.45, 2.75) is 30.3 Å². The molecule has 35 heavy (non-hydrogen) atoms. The molecule has 2 fully saturated rings. The third kappa shape index (κ3) is 4.26. The van der Waals surface area contributed by atoms with Gasteiger partial charge in [-0.05, 0) is 12.1 Å². The molecule has 2 saturated heterocycles. The highest BCUT2D eigenvalue weighted by Gasteiger charge is 2.40. The largest absolute Gasteiger partial charge is 0.347 e. The summed E-state index contributed by atoms with van der Waals surface area (Å²) in [4.78, 5) is 19.4. The predicted octanol–water partition coefficient (Wildman–Crippen LogP) is 3.62. The molecule has 2 aromatic heterocycles. The first-order valence-electron chi connectivity index (χ1n) is 11.7. The lowest BCUT2D eigenvalue weighted by Gasteiger charge is -2.37. The second-order valence-electron chi connectivity index (χ2n) is 8.74. The molecule has 0 atom stereocenters. The number of amides is 1. The summed E-state index contributed by atoms with van der Waals surface area (Å²) in [5, 5.41) is 10.0. The molecule has 6 rings (SSSR count). The van der Waals surface area contributed by atoms with Gasteiger partial charge in [0.25, 0.3) is 0 Å². The number of hydrogen-bond acceptors (Lipinski definition) is 7. The Morgan fingerprint density at radius 2 is 1.77 bits per heavy atom. The molecule has 2 aliphatic rings. The fourth-order valence-corrected chi connectivity index (χ4v) is 5.49. The molecule has 4 heterocycles. The number of nitrogens with zero attached hydrogens (tertiary/aromatic N) is 5. The van der Waals surface area contributed by atoms with Crippen molar-refractivity contribution in [3.8, 4) is 0 Å². The van der Waals surface area contributed by atoms with Crippen molar-refractivity contribution >= 4 is 39.7 Å². The van der Waals surface area contributed by atoms with Gasteiger partial charge in [0.05, 0.1) is 31.0 Å². The summed E-state index contributed by atoms with van der Waals surface area (Å²) >= 11 is 1.26. The van der Waals surface area contributed by atoms with Crippen molar-refractivity contribution in [1.29, 1.82) is 0 Å². The summed E-state index contributed by atoms with van der Waals surface area (Å²) in [6.45, 7) is 2.76. The molecule has 10 heteroatoms. The average Bonchev–Trinajstić information content (AvgIpc) is 3.47. The second kappa shape index (κ2) is 9.18. The lowest BCUT2D eigenvalue weighted by molar-refractivity contribution is -0.186. The maximum absolute atomic E-state index is 14.4. The van der Waals surface area contributed by atoms with Gasteiger partial charge >= 0.3 is 0 Å². The van der Waals surface area contributed by atoms with E-state index in [0.29, 0.717) is 67.6 Å². The number of carbonyl (C=O) groups excluding carboxylic acids is 1. The van der Waals surface area contributed by atoms with Crippen LogP contribution >= 0.6 is 11.8 Å². The normalized spacial score (nSPS) is 17.6. The van der Waals surface area contributed by atoms with E-state index in [-0.39, 0.29) is 17.5 Å². The zero-order valence-electron chi connectivity index (χ0n) is 19.0. The van der Waals surface area contributed by atoms with Crippen molar-refractivity contribution in [2.24, 2.45) is 0 Å². The quantitative estimate of drug-likeness (QED) is 0.393. The Bertz CT molecular complexity index is 1390. The molecule has 1 amide bonds. The zero-order valence-corrected chi connectivity index (χ0v) is 19.8. The van der Waals surface area contributed by atoms with Crippen molar-refractivity contribution in [1.82, 2.24) is 24.6 Å². The Kier molecular flexibility index (Phi) is 5.87. The lowest BCUT2D eigenvalue weighted by atomic mass is 10.0. The van der Waals surface area contributed by atoms with Crippen LogP contribution in [0.3, 0.4) is 0 Å². The molecule has 0 unspecified atom stereocenters. The summed E-state index contributed by atoms with van der Waals surface area (Å²) in [7, 11) is 0. The van der Waals surface area contributed by atoms with Crippen molar-refractivity contribution in [2.75, 3.05) is 32.1 Å². The molecule has 0 radical (unpaired) electrons. The molecule has 2 aromatic carbocycles. The second-order valence-corrected chi connectivity index (χ2v) is 9.68. The van der Waals surface area contributed by atoms with Crippen LogP contribution in [0.2, 0.25) is 0 Å². The molecular formula is C25H24FN5O3S. The summed E-state index contributed by atoms with van der Waals surface area (Å²) in [6.07, 6.45) is 1.37. The summed E-state index contributed by atoms with van der Waals surface area (Å²) < 4.78 is 27.9. The number of hydrogen-bond donors (Lipinski definition) is 0. The molecule has 0 aliphatic carbocycles. The Balaban J connectivity index is 1.22. The van der Waals surface area contributed by atoms with Gasteiger partial charge in [-0.3, -0.25) is 4.79 Å². The number of aromatic nitrogens is 4. The number of halogens is 1. The number of carbonyl (C=O) groups is 1. The van der Waals surface area contributed by atoms with E-state index in [1.54, 1.807) is 12.1 Å². The predicted molar refractivity (Wildman–Crippen MR) is 130 cm³/mol. The highest BCUT2D eigenvalue weighted by Crippen LogP contribution is 2.32. The van der Waals surface area contributed by atoms with Gasteiger partial charge in [0.1, 0.15) is 11.3 Å². The van der Waals surface area contributed by atoms with Gasteiger partial charge < -0.3 is 18.9 Å². The van der Waals surface area contributed by atoms with Crippen molar-refractivity contribution < 1.29 is 18.7 Å². The molecule has 180 valence electrons. The Morgan fingerprint density at radius 1 is 1.03 bits per heavy atom. The summed E-state index contributed by atoms with van der Waals surface area (Å²) in [5.41, 5.74) is 2.75. The number of benzene rings is 2. The number of thioether (sulfide) groups is 1. The average molecular weight is 494 g/mol. The van der Waals surface area contributed by atoms with Gasteiger partial charge in [0.2, 0.25) is 11.1 Å². The minimum atomic E-state index is -0.506. The molecule has 2 aliphatic heterocycles. The minimum Gasteiger partial charge on any atom is -0.347 e. The molecule has 0 N–H and O–H groups in total. The maximum atomic E-state index is 14.4. The van der Waals surface area contributed by atoms with Crippen molar-refractivity contribution in [3.63, 3.8) is 0 Å². The van der Waals surface area contributed by atoms with E-state index in [1.165, 1.54) is 17.8 Å². The number of fused-ring (bicyclic) bond motifs is 3. The van der Waals surface area contributed by atoms with Crippen LogP contribution < -0.4 is 0 Å². The molecule has 4 aromatic rings. The van der Waals surface area contributed by atoms with Gasteiger partial charge in [0, 0.05) is 36.9 Å². The monoisotopic (exact) mass is 493 g/mol. The fraction of sp³-hybridized carbons (Fsp3) is 0.360. The number of ether oxygens (including phenoxy) is 2. The van der Waals surface area contributed by atoms with E-state index in [2.05, 4.69) is 10.2 Å². The van der Waals surface area contributed by atoms with E-state index < -0.39 is 5.79 Å². The number of para-hydroxylation sites is 1. The van der Waals surface area contributed by atoms with Crippen LogP contribution in [0.1, 0.15) is 18.4 Å². The molecule has 0 bridgehead atoms. The van der Waals surface area contributed by atoms with E-state index in [4.69, 9.17) is 14.5 Å². The van der Waals surface area contributed by atoms with Crippen LogP contribution in [-0.4, -0.2) is 68.4 Å². The first kappa shape index (κ1) is 22.4. The van der Waals surface area contributed by atoms with Crippen molar-refractivity contribution in [3.05, 3.63) is 59.9 Å². The van der Waals surface area contributed by atoms with Gasteiger partial charge in [0.15, 0.2) is 11.4 Å². The summed E-state index contributed by atoms with van der Waals surface area (Å²) in [6, 6.07) is 14.5. The Hall–Kier alpha value is -3.08. The van der Waals surface area contributed by atoms with Gasteiger partial charge in [-0.15, -0.1) is 10.2 Å². The molecular weight excluding hydrogens is 469 g/mol. The van der Waals surface area contributed by atoms with Crippen LogP contribution in [0.4, 0.5) is 4.39 Å². The van der Waals surface area contributed by atoms with Crippen LogP contribution in [0, 0.1) is 5.82 Å². The van der Waals surface area contributed by atoms with Crippen LogP contribution in [0.25, 0.3) is 22.1 Å².